The highest BCUT2D eigenvalue weighted by Gasteiger charge is 2.05. The summed E-state index contributed by atoms with van der Waals surface area (Å²) in [5.41, 5.74) is 0.158. The molecule has 0 heterocycles. The smallest absolute Gasteiger partial charge is 0.331 e. The van der Waals surface area contributed by atoms with Gasteiger partial charge >= 0.3 is 5.97 Å². The topological polar surface area (TPSA) is 37.3 Å². The summed E-state index contributed by atoms with van der Waals surface area (Å²) in [5.74, 6) is -0.657. The zero-order valence-electron chi connectivity index (χ0n) is 7.67. The van der Waals surface area contributed by atoms with Crippen molar-refractivity contribution >= 4 is 40.9 Å². The van der Waals surface area contributed by atoms with E-state index in [1.54, 1.807) is 18.2 Å². The summed E-state index contributed by atoms with van der Waals surface area (Å²) in [7, 11) is 0. The molecule has 80 valence electrons. The molecule has 0 aliphatic carbocycles. The van der Waals surface area contributed by atoms with Crippen molar-refractivity contribution in [1.82, 2.24) is 0 Å². The molecule has 0 amide bonds. The summed E-state index contributed by atoms with van der Waals surface area (Å²) >= 11 is 12.9. The van der Waals surface area contributed by atoms with Crippen LogP contribution in [-0.2, 0) is 4.79 Å². The van der Waals surface area contributed by atoms with Crippen molar-refractivity contribution in [3.8, 4) is 0 Å². The Kier molecular flexibility index (Phi) is 4.51. The lowest BCUT2D eigenvalue weighted by Crippen LogP contribution is -2.00. The molecule has 0 spiro atoms. The highest BCUT2D eigenvalue weighted by Crippen LogP contribution is 2.28. The Balaban J connectivity index is 2.62. The standard InChI is InChI=1S/C10H8Cl2O2S/c1-6(10(13)14)5-15-7-2-3-8(11)9(12)4-7/h2-4H,1,5H2,(H,13,14). The Bertz CT molecular complexity index is 404. The van der Waals surface area contributed by atoms with Crippen LogP contribution in [0, 0.1) is 0 Å². The van der Waals surface area contributed by atoms with Crippen molar-refractivity contribution in [1.29, 1.82) is 0 Å². The van der Waals surface area contributed by atoms with Crippen molar-refractivity contribution in [2.24, 2.45) is 0 Å². The van der Waals surface area contributed by atoms with Gasteiger partial charge in [-0.15, -0.1) is 11.8 Å². The summed E-state index contributed by atoms with van der Waals surface area (Å²) in [4.78, 5) is 11.3. The van der Waals surface area contributed by atoms with Crippen LogP contribution in [0.15, 0.2) is 35.2 Å². The van der Waals surface area contributed by atoms with E-state index < -0.39 is 5.97 Å². The van der Waals surface area contributed by atoms with Crippen LogP contribution in [0.2, 0.25) is 10.0 Å². The number of hydrogen-bond acceptors (Lipinski definition) is 2. The Morgan fingerprint density at radius 1 is 1.40 bits per heavy atom. The second kappa shape index (κ2) is 5.45. The second-order valence-corrected chi connectivity index (χ2v) is 4.64. The molecule has 1 aromatic rings. The van der Waals surface area contributed by atoms with Gasteiger partial charge in [-0.1, -0.05) is 29.8 Å². The first-order valence-electron chi connectivity index (χ1n) is 3.99. The van der Waals surface area contributed by atoms with Gasteiger partial charge in [0, 0.05) is 16.2 Å². The van der Waals surface area contributed by atoms with Gasteiger partial charge in [0.15, 0.2) is 0 Å². The first kappa shape index (κ1) is 12.4. The van der Waals surface area contributed by atoms with E-state index in [1.807, 2.05) is 0 Å². The molecular formula is C10H8Cl2O2S. The summed E-state index contributed by atoms with van der Waals surface area (Å²) in [6, 6.07) is 5.16. The molecule has 2 nitrogen and oxygen atoms in total. The lowest BCUT2D eigenvalue weighted by Gasteiger charge is -2.02. The zero-order chi connectivity index (χ0) is 11.4. The molecule has 0 aliphatic heterocycles. The van der Waals surface area contributed by atoms with Gasteiger partial charge in [-0.2, -0.15) is 0 Å². The number of hydrogen-bond donors (Lipinski definition) is 1. The molecular weight excluding hydrogens is 255 g/mol. The van der Waals surface area contributed by atoms with Gasteiger partial charge in [-0.05, 0) is 18.2 Å². The summed E-state index contributed by atoms with van der Waals surface area (Å²) in [5, 5.41) is 9.54. The van der Waals surface area contributed by atoms with Crippen LogP contribution < -0.4 is 0 Å². The highest BCUT2D eigenvalue weighted by molar-refractivity contribution is 7.99. The van der Waals surface area contributed by atoms with Crippen LogP contribution in [0.25, 0.3) is 0 Å². The van der Waals surface area contributed by atoms with E-state index in [-0.39, 0.29) is 5.57 Å². The Morgan fingerprint density at radius 3 is 2.60 bits per heavy atom. The lowest BCUT2D eigenvalue weighted by atomic mass is 10.4. The number of carbonyl (C=O) groups is 1. The maximum atomic E-state index is 10.5. The first-order chi connectivity index (χ1) is 7.00. The summed E-state index contributed by atoms with van der Waals surface area (Å²) in [6.07, 6.45) is 0. The average molecular weight is 263 g/mol. The molecule has 1 aromatic carbocycles. The summed E-state index contributed by atoms with van der Waals surface area (Å²) < 4.78 is 0. The maximum Gasteiger partial charge on any atom is 0.331 e. The van der Waals surface area contributed by atoms with E-state index in [0.29, 0.717) is 15.8 Å². The first-order valence-corrected chi connectivity index (χ1v) is 5.74. The minimum atomic E-state index is -0.984. The molecule has 0 fully saturated rings. The largest absolute Gasteiger partial charge is 0.478 e. The third kappa shape index (κ3) is 3.78. The molecule has 0 saturated carbocycles. The number of carboxylic acid groups (broad SMARTS) is 1. The molecule has 15 heavy (non-hydrogen) atoms. The minimum absolute atomic E-state index is 0.158. The van der Waals surface area contributed by atoms with E-state index >= 15 is 0 Å². The van der Waals surface area contributed by atoms with Crippen LogP contribution in [-0.4, -0.2) is 16.8 Å². The zero-order valence-corrected chi connectivity index (χ0v) is 9.99. The van der Waals surface area contributed by atoms with E-state index in [9.17, 15) is 4.79 Å². The third-order valence-corrected chi connectivity index (χ3v) is 3.43. The fourth-order valence-corrected chi connectivity index (χ4v) is 1.99. The van der Waals surface area contributed by atoms with Crippen molar-refractivity contribution in [3.05, 3.63) is 40.4 Å². The third-order valence-electron chi connectivity index (χ3n) is 1.61. The van der Waals surface area contributed by atoms with Gasteiger partial charge < -0.3 is 5.11 Å². The molecule has 0 radical (unpaired) electrons. The number of benzene rings is 1. The van der Waals surface area contributed by atoms with E-state index in [0.717, 1.165) is 4.90 Å². The molecule has 0 aliphatic rings. The summed E-state index contributed by atoms with van der Waals surface area (Å²) in [6.45, 7) is 3.43. The van der Waals surface area contributed by atoms with Crippen molar-refractivity contribution in [2.75, 3.05) is 5.75 Å². The fourth-order valence-electron chi connectivity index (χ4n) is 0.799. The number of carboxylic acids is 1. The number of rotatable bonds is 4. The number of aliphatic carboxylic acids is 1. The van der Waals surface area contributed by atoms with Crippen molar-refractivity contribution in [3.63, 3.8) is 0 Å². The second-order valence-electron chi connectivity index (χ2n) is 2.77. The molecule has 1 N–H and O–H groups in total. The molecule has 0 unspecified atom stereocenters. The monoisotopic (exact) mass is 262 g/mol. The maximum absolute atomic E-state index is 10.5. The van der Waals surface area contributed by atoms with Crippen molar-refractivity contribution in [2.45, 2.75) is 4.90 Å². The molecule has 0 saturated heterocycles. The predicted octanol–water partition coefficient (Wildman–Crippen LogP) is 3.73. The van der Waals surface area contributed by atoms with Gasteiger partial charge in [0.25, 0.3) is 0 Å². The van der Waals surface area contributed by atoms with Gasteiger partial charge in [0.05, 0.1) is 10.0 Å². The van der Waals surface area contributed by atoms with Gasteiger partial charge in [0.1, 0.15) is 0 Å². The Hall–Kier alpha value is -0.640. The van der Waals surface area contributed by atoms with Crippen LogP contribution in [0.5, 0.6) is 0 Å². The van der Waals surface area contributed by atoms with E-state index in [4.69, 9.17) is 28.3 Å². The number of thioether (sulfide) groups is 1. The number of halogens is 2. The van der Waals surface area contributed by atoms with Gasteiger partial charge in [-0.3, -0.25) is 0 Å². The molecule has 0 aromatic heterocycles. The van der Waals surface area contributed by atoms with Crippen LogP contribution in [0.3, 0.4) is 0 Å². The van der Waals surface area contributed by atoms with E-state index in [1.165, 1.54) is 11.8 Å². The average Bonchev–Trinajstić information content (AvgIpc) is 2.19. The molecule has 5 heteroatoms. The minimum Gasteiger partial charge on any atom is -0.478 e. The van der Waals surface area contributed by atoms with E-state index in [2.05, 4.69) is 6.58 Å². The van der Waals surface area contributed by atoms with Crippen LogP contribution in [0.4, 0.5) is 0 Å². The lowest BCUT2D eigenvalue weighted by molar-refractivity contribution is -0.132. The highest BCUT2D eigenvalue weighted by atomic mass is 35.5. The molecule has 0 bridgehead atoms. The Morgan fingerprint density at radius 2 is 2.07 bits per heavy atom. The van der Waals surface area contributed by atoms with Gasteiger partial charge in [-0.25, -0.2) is 4.79 Å². The SMILES string of the molecule is C=C(CSc1ccc(Cl)c(Cl)c1)C(=O)O. The fraction of sp³-hybridized carbons (Fsp3) is 0.100. The van der Waals surface area contributed by atoms with Crippen LogP contribution in [0.1, 0.15) is 0 Å². The predicted molar refractivity (Wildman–Crippen MR) is 64.0 cm³/mol. The van der Waals surface area contributed by atoms with Gasteiger partial charge in [0.2, 0.25) is 0 Å². The Labute approximate surface area is 102 Å². The quantitative estimate of drug-likeness (QED) is 0.664. The molecule has 1 rings (SSSR count). The normalized spacial score (nSPS) is 10.0. The van der Waals surface area contributed by atoms with Crippen LogP contribution >= 0.6 is 35.0 Å². The van der Waals surface area contributed by atoms with Crippen molar-refractivity contribution < 1.29 is 9.90 Å². The molecule has 0 atom stereocenters.